The monoisotopic (exact) mass is 490 g/mol. The number of nitrogens with zero attached hydrogens (tertiary/aromatic N) is 3. The number of carbonyl (C=O) groups excluding carboxylic acids is 3. The van der Waals surface area contributed by atoms with E-state index in [9.17, 15) is 18.8 Å². The Labute approximate surface area is 208 Å². The normalized spacial score (nSPS) is 20.6. The number of hydrogen-bond acceptors (Lipinski definition) is 5. The van der Waals surface area contributed by atoms with E-state index in [2.05, 4.69) is 22.4 Å². The summed E-state index contributed by atoms with van der Waals surface area (Å²) in [6, 6.07) is 10.1. The number of carbonyl (C=O) groups is 3. The first-order valence-corrected chi connectivity index (χ1v) is 12.4. The number of halogens is 1. The summed E-state index contributed by atoms with van der Waals surface area (Å²) >= 11 is 0. The van der Waals surface area contributed by atoms with E-state index in [1.807, 2.05) is 18.2 Å². The van der Waals surface area contributed by atoms with Gasteiger partial charge in [-0.1, -0.05) is 12.1 Å². The first kappa shape index (κ1) is 22.7. The highest BCUT2D eigenvalue weighted by Gasteiger charge is 2.37. The Morgan fingerprint density at radius 3 is 2.58 bits per heavy atom. The van der Waals surface area contributed by atoms with E-state index in [0.717, 1.165) is 49.2 Å². The number of rotatable bonds is 4. The van der Waals surface area contributed by atoms with Crippen LogP contribution in [0.3, 0.4) is 0 Å². The maximum atomic E-state index is 13.6. The summed E-state index contributed by atoms with van der Waals surface area (Å²) in [4.78, 5) is 39.0. The van der Waals surface area contributed by atoms with Crippen molar-refractivity contribution in [1.82, 2.24) is 20.2 Å². The van der Waals surface area contributed by atoms with Crippen molar-refractivity contribution in [2.24, 2.45) is 5.92 Å². The number of benzene rings is 2. The number of nitrogens with one attached hydrogen (secondary N) is 1. The molecule has 4 heterocycles. The van der Waals surface area contributed by atoms with Crippen LogP contribution in [-0.4, -0.2) is 59.0 Å². The Balaban J connectivity index is 1.09. The molecular weight excluding hydrogens is 463 g/mol. The SMILES string of the molecule is O=C1CCN(N2Cc3cc(CN4CCC(C5=CCOc6cc(F)ccc65)CC4)ccc3C2=O)C(=O)N1. The lowest BCUT2D eigenvalue weighted by atomic mass is 9.83. The quantitative estimate of drug-likeness (QED) is 0.711. The molecule has 9 heteroatoms. The zero-order chi connectivity index (χ0) is 24.8. The average Bonchev–Trinajstić information content (AvgIpc) is 3.19. The van der Waals surface area contributed by atoms with Gasteiger partial charge >= 0.3 is 6.03 Å². The van der Waals surface area contributed by atoms with E-state index in [1.54, 1.807) is 0 Å². The third-order valence-electron chi connectivity index (χ3n) is 7.51. The molecule has 1 N–H and O–H groups in total. The fourth-order valence-corrected chi connectivity index (χ4v) is 5.67. The third-order valence-corrected chi connectivity index (χ3v) is 7.51. The van der Waals surface area contributed by atoms with Crippen LogP contribution in [-0.2, 0) is 17.9 Å². The van der Waals surface area contributed by atoms with E-state index in [0.29, 0.717) is 30.4 Å². The summed E-state index contributed by atoms with van der Waals surface area (Å²) < 4.78 is 19.2. The van der Waals surface area contributed by atoms with Gasteiger partial charge in [0.05, 0.1) is 13.1 Å². The predicted octanol–water partition coefficient (Wildman–Crippen LogP) is 3.33. The molecule has 0 bridgehead atoms. The predicted molar refractivity (Wildman–Crippen MR) is 129 cm³/mol. The van der Waals surface area contributed by atoms with Gasteiger partial charge in [-0.25, -0.2) is 19.2 Å². The topological polar surface area (TPSA) is 82.2 Å². The Bertz CT molecular complexity index is 1280. The van der Waals surface area contributed by atoms with Crippen molar-refractivity contribution in [1.29, 1.82) is 0 Å². The maximum absolute atomic E-state index is 13.6. The minimum Gasteiger partial charge on any atom is -0.489 e. The lowest BCUT2D eigenvalue weighted by Gasteiger charge is -2.34. The van der Waals surface area contributed by atoms with Gasteiger partial charge in [-0.05, 0) is 72.8 Å². The molecule has 0 spiro atoms. The van der Waals surface area contributed by atoms with Crippen molar-refractivity contribution >= 4 is 23.4 Å². The second kappa shape index (κ2) is 9.05. The number of amides is 4. The Morgan fingerprint density at radius 1 is 0.972 bits per heavy atom. The van der Waals surface area contributed by atoms with E-state index in [-0.39, 0.29) is 30.6 Å². The number of likely N-dealkylation sites (tertiary alicyclic amines) is 1. The summed E-state index contributed by atoms with van der Waals surface area (Å²) in [5.41, 5.74) is 4.89. The fourth-order valence-electron chi connectivity index (χ4n) is 5.67. The van der Waals surface area contributed by atoms with Crippen LogP contribution in [0.2, 0.25) is 0 Å². The first-order chi connectivity index (χ1) is 17.5. The Kier molecular flexibility index (Phi) is 5.72. The number of hydrazine groups is 1. The lowest BCUT2D eigenvalue weighted by molar-refractivity contribution is -0.123. The first-order valence-electron chi connectivity index (χ1n) is 12.4. The highest BCUT2D eigenvalue weighted by atomic mass is 19.1. The summed E-state index contributed by atoms with van der Waals surface area (Å²) in [5.74, 6) is 0.233. The average molecular weight is 491 g/mol. The van der Waals surface area contributed by atoms with Gasteiger partial charge in [0.2, 0.25) is 5.91 Å². The van der Waals surface area contributed by atoms with Gasteiger partial charge in [0, 0.05) is 30.2 Å². The minimum atomic E-state index is -0.553. The third kappa shape index (κ3) is 4.13. The molecule has 2 aromatic rings. The molecule has 0 unspecified atom stereocenters. The molecule has 36 heavy (non-hydrogen) atoms. The fraction of sp³-hybridized carbons (Fsp3) is 0.370. The van der Waals surface area contributed by atoms with E-state index in [4.69, 9.17) is 4.74 Å². The molecule has 4 aliphatic heterocycles. The number of hydrogen-bond donors (Lipinski definition) is 1. The standard InChI is InChI=1S/C27H27FN4O4/c28-20-2-4-23-21(8-12-36-24(23)14-20)18-5-9-30(10-6-18)15-17-1-3-22-19(13-17)16-32(26(22)34)31-11-7-25(33)29-27(31)35/h1-4,8,13-14,18H,5-7,9-12,15-16H2,(H,29,33,35). The molecule has 0 saturated carbocycles. The maximum Gasteiger partial charge on any atom is 0.342 e. The van der Waals surface area contributed by atoms with Crippen molar-refractivity contribution in [2.75, 3.05) is 26.2 Å². The Morgan fingerprint density at radius 2 is 1.78 bits per heavy atom. The minimum absolute atomic E-state index is 0.180. The van der Waals surface area contributed by atoms with Crippen LogP contribution in [0, 0.1) is 11.7 Å². The summed E-state index contributed by atoms with van der Waals surface area (Å²) in [6.45, 7) is 3.69. The van der Waals surface area contributed by atoms with Gasteiger partial charge in [0.15, 0.2) is 0 Å². The molecule has 0 atom stereocenters. The molecule has 2 saturated heterocycles. The lowest BCUT2D eigenvalue weighted by Crippen LogP contribution is -2.56. The number of fused-ring (bicyclic) bond motifs is 2. The van der Waals surface area contributed by atoms with Gasteiger partial charge in [-0.15, -0.1) is 0 Å². The number of ether oxygens (including phenoxy) is 1. The highest BCUT2D eigenvalue weighted by molar-refractivity contribution is 6.01. The summed E-state index contributed by atoms with van der Waals surface area (Å²) in [7, 11) is 0. The van der Waals surface area contributed by atoms with E-state index < -0.39 is 6.03 Å². The van der Waals surface area contributed by atoms with Crippen molar-refractivity contribution in [3.05, 3.63) is 70.5 Å². The molecule has 4 aliphatic rings. The zero-order valence-electron chi connectivity index (χ0n) is 19.8. The van der Waals surface area contributed by atoms with Crippen molar-refractivity contribution in [2.45, 2.75) is 32.4 Å². The van der Waals surface area contributed by atoms with Crippen LogP contribution < -0.4 is 10.1 Å². The molecular formula is C27H27FN4O4. The van der Waals surface area contributed by atoms with Gasteiger partial charge < -0.3 is 4.74 Å². The van der Waals surface area contributed by atoms with Crippen LogP contribution >= 0.6 is 0 Å². The van der Waals surface area contributed by atoms with E-state index >= 15 is 0 Å². The van der Waals surface area contributed by atoms with Crippen LogP contribution in [0.4, 0.5) is 9.18 Å². The number of piperidine rings is 1. The number of imide groups is 1. The molecule has 6 rings (SSSR count). The largest absolute Gasteiger partial charge is 0.489 e. The molecule has 0 aromatic heterocycles. The van der Waals surface area contributed by atoms with Crippen LogP contribution in [0.25, 0.3) is 5.57 Å². The number of allylic oxidation sites excluding steroid dienone is 1. The molecule has 4 amide bonds. The molecule has 2 fully saturated rings. The van der Waals surface area contributed by atoms with Gasteiger partial charge in [0.25, 0.3) is 5.91 Å². The van der Waals surface area contributed by atoms with Crippen LogP contribution in [0.5, 0.6) is 5.75 Å². The van der Waals surface area contributed by atoms with Crippen LogP contribution in [0.1, 0.15) is 46.3 Å². The Hall–Kier alpha value is -3.72. The second-order valence-electron chi connectivity index (χ2n) is 9.74. The molecule has 8 nitrogen and oxygen atoms in total. The molecule has 2 aromatic carbocycles. The second-order valence-corrected chi connectivity index (χ2v) is 9.74. The van der Waals surface area contributed by atoms with Gasteiger partial charge in [0.1, 0.15) is 18.2 Å². The smallest absolute Gasteiger partial charge is 0.342 e. The molecule has 186 valence electrons. The van der Waals surface area contributed by atoms with Crippen LogP contribution in [0.15, 0.2) is 42.5 Å². The number of urea groups is 1. The molecule has 0 radical (unpaired) electrons. The van der Waals surface area contributed by atoms with E-state index in [1.165, 1.54) is 27.7 Å². The van der Waals surface area contributed by atoms with Crippen molar-refractivity contribution < 1.29 is 23.5 Å². The van der Waals surface area contributed by atoms with Crippen molar-refractivity contribution in [3.63, 3.8) is 0 Å². The molecule has 0 aliphatic carbocycles. The summed E-state index contributed by atoms with van der Waals surface area (Å²) in [5, 5.41) is 5.02. The highest BCUT2D eigenvalue weighted by Crippen LogP contribution is 2.39. The zero-order valence-corrected chi connectivity index (χ0v) is 19.8. The van der Waals surface area contributed by atoms with Crippen molar-refractivity contribution in [3.8, 4) is 5.75 Å². The summed E-state index contributed by atoms with van der Waals surface area (Å²) in [6.07, 6.45) is 4.34. The van der Waals surface area contributed by atoms with Gasteiger partial charge in [-0.2, -0.15) is 0 Å². The van der Waals surface area contributed by atoms with Gasteiger partial charge in [-0.3, -0.25) is 19.8 Å².